The largest absolute Gasteiger partial charge is 0.339 e. The number of piperazine rings is 1. The maximum atomic E-state index is 13.9. The molecule has 2 aromatic carbocycles. The second-order valence-corrected chi connectivity index (χ2v) is 7.28. The van der Waals surface area contributed by atoms with Crippen LogP contribution in [-0.4, -0.2) is 48.4 Å². The molecule has 3 rings (SSSR count). The van der Waals surface area contributed by atoms with E-state index in [1.165, 1.54) is 6.07 Å². The van der Waals surface area contributed by atoms with Gasteiger partial charge in [0.2, 0.25) is 5.91 Å². The predicted octanol–water partition coefficient (Wildman–Crippen LogP) is 3.47. The SMILES string of the molecule is C[C@@H](NCC(=O)N1CCN(Cc2c(F)cccc2Cl)CC1)c1ccccc1. The zero-order valence-electron chi connectivity index (χ0n) is 15.5. The van der Waals surface area contributed by atoms with E-state index >= 15 is 0 Å². The van der Waals surface area contributed by atoms with E-state index in [4.69, 9.17) is 11.6 Å². The zero-order valence-corrected chi connectivity index (χ0v) is 16.3. The Morgan fingerprint density at radius 2 is 1.81 bits per heavy atom. The van der Waals surface area contributed by atoms with Crippen LogP contribution in [0, 0.1) is 5.82 Å². The van der Waals surface area contributed by atoms with Crippen LogP contribution in [0.5, 0.6) is 0 Å². The lowest BCUT2D eigenvalue weighted by Crippen LogP contribution is -2.50. The Morgan fingerprint density at radius 3 is 2.48 bits per heavy atom. The van der Waals surface area contributed by atoms with Gasteiger partial charge in [-0.15, -0.1) is 0 Å². The number of nitrogens with zero attached hydrogens (tertiary/aromatic N) is 2. The summed E-state index contributed by atoms with van der Waals surface area (Å²) in [5.74, 6) is -0.179. The van der Waals surface area contributed by atoms with Crippen molar-refractivity contribution in [1.29, 1.82) is 0 Å². The lowest BCUT2D eigenvalue weighted by Gasteiger charge is -2.35. The zero-order chi connectivity index (χ0) is 19.2. The van der Waals surface area contributed by atoms with Crippen LogP contribution in [0.1, 0.15) is 24.1 Å². The van der Waals surface area contributed by atoms with Crippen LogP contribution < -0.4 is 5.32 Å². The van der Waals surface area contributed by atoms with Gasteiger partial charge >= 0.3 is 0 Å². The third-order valence-corrected chi connectivity index (χ3v) is 5.38. The van der Waals surface area contributed by atoms with Crippen LogP contribution in [0.4, 0.5) is 4.39 Å². The highest BCUT2D eigenvalue weighted by molar-refractivity contribution is 6.31. The molecule has 0 aromatic heterocycles. The van der Waals surface area contributed by atoms with Gasteiger partial charge in [-0.25, -0.2) is 4.39 Å². The number of carbonyl (C=O) groups is 1. The Bertz CT molecular complexity index is 743. The normalized spacial score (nSPS) is 16.3. The molecule has 27 heavy (non-hydrogen) atoms. The van der Waals surface area contributed by atoms with Crippen molar-refractivity contribution in [3.63, 3.8) is 0 Å². The number of hydrogen-bond donors (Lipinski definition) is 1. The average Bonchev–Trinajstić information content (AvgIpc) is 2.70. The molecule has 1 N–H and O–H groups in total. The fourth-order valence-corrected chi connectivity index (χ4v) is 3.50. The summed E-state index contributed by atoms with van der Waals surface area (Å²) in [6.45, 7) is 5.55. The standard InChI is InChI=1S/C21H25ClFN3O/c1-16(17-6-3-2-4-7-17)24-14-21(27)26-12-10-25(11-13-26)15-18-19(22)8-5-9-20(18)23/h2-9,16,24H,10-15H2,1H3/t16-/m1/s1. The Labute approximate surface area is 164 Å². The molecule has 0 bridgehead atoms. The summed E-state index contributed by atoms with van der Waals surface area (Å²) in [5, 5.41) is 3.74. The van der Waals surface area contributed by atoms with E-state index in [1.54, 1.807) is 12.1 Å². The maximum absolute atomic E-state index is 13.9. The van der Waals surface area contributed by atoms with E-state index in [1.807, 2.05) is 23.1 Å². The summed E-state index contributed by atoms with van der Waals surface area (Å²) in [5.41, 5.74) is 1.69. The molecule has 0 radical (unpaired) electrons. The predicted molar refractivity (Wildman–Crippen MR) is 106 cm³/mol. The fourth-order valence-electron chi connectivity index (χ4n) is 3.27. The lowest BCUT2D eigenvalue weighted by atomic mass is 10.1. The molecule has 0 saturated carbocycles. The third kappa shape index (κ3) is 5.28. The topological polar surface area (TPSA) is 35.6 Å². The van der Waals surface area contributed by atoms with Gasteiger partial charge in [0.25, 0.3) is 0 Å². The van der Waals surface area contributed by atoms with Crippen molar-refractivity contribution in [3.05, 3.63) is 70.5 Å². The van der Waals surface area contributed by atoms with Crippen LogP contribution in [0.2, 0.25) is 5.02 Å². The van der Waals surface area contributed by atoms with Crippen molar-refractivity contribution in [3.8, 4) is 0 Å². The van der Waals surface area contributed by atoms with E-state index in [2.05, 4.69) is 29.3 Å². The van der Waals surface area contributed by atoms with Gasteiger partial charge in [0.15, 0.2) is 0 Å². The number of amides is 1. The first-order valence-corrected chi connectivity index (χ1v) is 9.63. The molecule has 0 unspecified atom stereocenters. The molecule has 1 fully saturated rings. The minimum absolute atomic E-state index is 0.0985. The van der Waals surface area contributed by atoms with Crippen molar-refractivity contribution in [2.24, 2.45) is 0 Å². The summed E-state index contributed by atoms with van der Waals surface area (Å²) in [6.07, 6.45) is 0. The van der Waals surface area contributed by atoms with Crippen molar-refractivity contribution >= 4 is 17.5 Å². The van der Waals surface area contributed by atoms with Gasteiger partial charge in [0, 0.05) is 49.4 Å². The molecule has 144 valence electrons. The van der Waals surface area contributed by atoms with Gasteiger partial charge in [0.05, 0.1) is 6.54 Å². The Morgan fingerprint density at radius 1 is 1.11 bits per heavy atom. The first-order chi connectivity index (χ1) is 13.0. The first-order valence-electron chi connectivity index (χ1n) is 9.26. The molecular weight excluding hydrogens is 365 g/mol. The van der Waals surface area contributed by atoms with Crippen molar-refractivity contribution in [2.75, 3.05) is 32.7 Å². The molecule has 0 spiro atoms. The van der Waals surface area contributed by atoms with E-state index in [0.717, 1.165) is 5.56 Å². The number of rotatable bonds is 6. The van der Waals surface area contributed by atoms with Crippen LogP contribution >= 0.6 is 11.6 Å². The first kappa shape index (κ1) is 19.8. The molecule has 1 aliphatic heterocycles. The monoisotopic (exact) mass is 389 g/mol. The molecule has 1 atom stereocenters. The van der Waals surface area contributed by atoms with Crippen molar-refractivity contribution in [1.82, 2.24) is 15.1 Å². The summed E-state index contributed by atoms with van der Waals surface area (Å²) in [7, 11) is 0. The lowest BCUT2D eigenvalue weighted by molar-refractivity contribution is -0.132. The number of benzene rings is 2. The highest BCUT2D eigenvalue weighted by Crippen LogP contribution is 2.21. The molecule has 1 amide bonds. The molecule has 0 aliphatic carbocycles. The molecular formula is C21H25ClFN3O. The molecule has 6 heteroatoms. The second kappa shape index (κ2) is 9.31. The fraction of sp³-hybridized carbons (Fsp3) is 0.381. The minimum atomic E-state index is -0.278. The molecule has 2 aromatic rings. The quantitative estimate of drug-likeness (QED) is 0.821. The molecule has 1 heterocycles. The summed E-state index contributed by atoms with van der Waals surface area (Å²) in [4.78, 5) is 16.5. The van der Waals surface area contributed by atoms with Gasteiger partial charge in [0.1, 0.15) is 5.82 Å². The number of nitrogens with one attached hydrogen (secondary N) is 1. The van der Waals surface area contributed by atoms with Crippen molar-refractivity contribution in [2.45, 2.75) is 19.5 Å². The minimum Gasteiger partial charge on any atom is -0.339 e. The Balaban J connectivity index is 1.45. The molecule has 4 nitrogen and oxygen atoms in total. The number of hydrogen-bond acceptors (Lipinski definition) is 3. The van der Waals surface area contributed by atoms with Crippen LogP contribution in [0.25, 0.3) is 0 Å². The van der Waals surface area contributed by atoms with Crippen molar-refractivity contribution < 1.29 is 9.18 Å². The summed E-state index contributed by atoms with van der Waals surface area (Å²) in [6, 6.07) is 15.0. The van der Waals surface area contributed by atoms with Crippen LogP contribution in [-0.2, 0) is 11.3 Å². The summed E-state index contributed by atoms with van der Waals surface area (Å²) < 4.78 is 13.9. The smallest absolute Gasteiger partial charge is 0.236 e. The van der Waals surface area contributed by atoms with E-state index in [0.29, 0.717) is 49.9 Å². The molecule has 1 aliphatic rings. The highest BCUT2D eigenvalue weighted by Gasteiger charge is 2.22. The summed E-state index contributed by atoms with van der Waals surface area (Å²) >= 11 is 6.11. The van der Waals surface area contributed by atoms with Gasteiger partial charge in [-0.1, -0.05) is 48.0 Å². The van der Waals surface area contributed by atoms with E-state index in [9.17, 15) is 9.18 Å². The number of carbonyl (C=O) groups excluding carboxylic acids is 1. The maximum Gasteiger partial charge on any atom is 0.236 e. The van der Waals surface area contributed by atoms with Gasteiger partial charge < -0.3 is 10.2 Å². The van der Waals surface area contributed by atoms with E-state index in [-0.39, 0.29) is 17.8 Å². The second-order valence-electron chi connectivity index (χ2n) is 6.87. The van der Waals surface area contributed by atoms with Crippen LogP contribution in [0.15, 0.2) is 48.5 Å². The third-order valence-electron chi connectivity index (χ3n) is 5.03. The Hall–Kier alpha value is -1.95. The number of halogens is 2. The van der Waals surface area contributed by atoms with Crippen LogP contribution in [0.3, 0.4) is 0 Å². The highest BCUT2D eigenvalue weighted by atomic mass is 35.5. The Kier molecular flexibility index (Phi) is 6.83. The van der Waals surface area contributed by atoms with Gasteiger partial charge in [-0.05, 0) is 24.6 Å². The van der Waals surface area contributed by atoms with Gasteiger partial charge in [-0.3, -0.25) is 9.69 Å². The van der Waals surface area contributed by atoms with Gasteiger partial charge in [-0.2, -0.15) is 0 Å². The molecule has 1 saturated heterocycles. The van der Waals surface area contributed by atoms with E-state index < -0.39 is 0 Å². The average molecular weight is 390 g/mol.